The van der Waals surface area contributed by atoms with Crippen molar-refractivity contribution in [1.29, 1.82) is 0 Å². The Morgan fingerprint density at radius 2 is 0.676 bits per heavy atom. The Labute approximate surface area is 395 Å². The van der Waals surface area contributed by atoms with Crippen LogP contribution >= 0.6 is 0 Å². The molecule has 0 bridgehead atoms. The minimum absolute atomic E-state index is 0.0915. The fourth-order valence-corrected chi connectivity index (χ4v) is 12.1. The minimum Gasteiger partial charge on any atom is -0.309 e. The van der Waals surface area contributed by atoms with Gasteiger partial charge in [0.25, 0.3) is 0 Å². The number of fused-ring (bicyclic) bond motifs is 12. The first-order chi connectivity index (χ1) is 33.4. The molecule has 0 N–H and O–H groups in total. The van der Waals surface area contributed by atoms with Gasteiger partial charge in [-0.25, -0.2) is 0 Å². The number of hydrogen-bond donors (Lipinski definition) is 0. The van der Waals surface area contributed by atoms with Gasteiger partial charge in [-0.05, 0) is 123 Å². The van der Waals surface area contributed by atoms with E-state index in [1.165, 1.54) is 110 Å². The first kappa shape index (κ1) is 38.8. The van der Waals surface area contributed by atoms with Gasteiger partial charge in [-0.15, -0.1) is 0 Å². The summed E-state index contributed by atoms with van der Waals surface area (Å²) in [6.07, 6.45) is 0. The summed E-state index contributed by atoms with van der Waals surface area (Å²) in [4.78, 5) is 0. The van der Waals surface area contributed by atoms with E-state index in [-0.39, 0.29) is 5.41 Å². The topological polar surface area (TPSA) is 14.8 Å². The highest BCUT2D eigenvalue weighted by Gasteiger charge is 2.46. The summed E-state index contributed by atoms with van der Waals surface area (Å²) >= 11 is 0. The van der Waals surface area contributed by atoms with Crippen molar-refractivity contribution in [3.8, 4) is 28.2 Å². The van der Waals surface area contributed by atoms with Crippen LogP contribution in [0.15, 0.2) is 231 Å². The Hall–Kier alpha value is -8.40. The fourth-order valence-electron chi connectivity index (χ4n) is 12.1. The van der Waals surface area contributed by atoms with Crippen LogP contribution in [0, 0.1) is 0 Å². The third kappa shape index (κ3) is 5.36. The number of para-hydroxylation sites is 3. The summed E-state index contributed by atoms with van der Waals surface area (Å²) in [6, 6.07) is 86.2. The van der Waals surface area contributed by atoms with Gasteiger partial charge in [0.15, 0.2) is 0 Å². The van der Waals surface area contributed by atoms with E-state index in [0.717, 1.165) is 11.4 Å². The normalized spacial score (nSPS) is 13.3. The Balaban J connectivity index is 0.951. The zero-order valence-electron chi connectivity index (χ0n) is 38.3. The molecule has 3 heterocycles. The average Bonchev–Trinajstić information content (AvgIpc) is 4.10. The number of benzene rings is 10. The molecule has 0 unspecified atom stereocenters. The van der Waals surface area contributed by atoms with Crippen molar-refractivity contribution in [2.45, 2.75) is 31.6 Å². The van der Waals surface area contributed by atoms with Crippen LogP contribution in [0.3, 0.4) is 0 Å². The van der Waals surface area contributed by atoms with Gasteiger partial charge in [0, 0.05) is 49.4 Å². The molecule has 0 amide bonds. The van der Waals surface area contributed by atoms with Crippen LogP contribution in [0.25, 0.3) is 93.6 Å². The Kier molecular flexibility index (Phi) is 8.17. The number of nitrogens with zero attached hydrogens (tertiary/aromatic N) is 3. The highest BCUT2D eigenvalue weighted by molar-refractivity contribution is 6.14. The minimum atomic E-state index is -0.470. The molecule has 3 nitrogen and oxygen atoms in total. The van der Waals surface area contributed by atoms with Gasteiger partial charge in [0.1, 0.15) is 0 Å². The van der Waals surface area contributed by atoms with E-state index in [0.29, 0.717) is 0 Å². The van der Waals surface area contributed by atoms with Crippen molar-refractivity contribution in [1.82, 2.24) is 13.7 Å². The van der Waals surface area contributed by atoms with Gasteiger partial charge < -0.3 is 13.7 Å². The molecule has 3 heteroatoms. The van der Waals surface area contributed by atoms with E-state index in [1.807, 2.05) is 0 Å². The van der Waals surface area contributed by atoms with Crippen LogP contribution in [-0.2, 0) is 10.8 Å². The molecular formula is C65H47N3. The molecule has 0 saturated heterocycles. The lowest BCUT2D eigenvalue weighted by Crippen LogP contribution is -2.28. The second-order valence-electron chi connectivity index (χ2n) is 19.7. The second kappa shape index (κ2) is 14.3. The quantitative estimate of drug-likeness (QED) is 0.164. The van der Waals surface area contributed by atoms with Gasteiger partial charge in [-0.3, -0.25) is 0 Å². The molecule has 0 radical (unpaired) electrons. The molecule has 1 aliphatic rings. The predicted molar refractivity (Wildman–Crippen MR) is 285 cm³/mol. The van der Waals surface area contributed by atoms with Gasteiger partial charge in [0.05, 0.1) is 38.5 Å². The molecule has 13 aromatic rings. The van der Waals surface area contributed by atoms with E-state index in [9.17, 15) is 0 Å². The van der Waals surface area contributed by atoms with Crippen molar-refractivity contribution in [2.75, 3.05) is 0 Å². The van der Waals surface area contributed by atoms with Gasteiger partial charge in [-0.1, -0.05) is 172 Å². The van der Waals surface area contributed by atoms with Crippen molar-refractivity contribution in [3.05, 3.63) is 258 Å². The zero-order valence-corrected chi connectivity index (χ0v) is 38.3. The van der Waals surface area contributed by atoms with Gasteiger partial charge in [0.2, 0.25) is 0 Å². The maximum atomic E-state index is 2.48. The Morgan fingerprint density at radius 3 is 1.18 bits per heavy atom. The lowest BCUT2D eigenvalue weighted by atomic mass is 9.67. The number of aromatic nitrogens is 3. The fraction of sp³-hybridized carbons (Fsp3) is 0.0769. The molecule has 0 aliphatic heterocycles. The third-order valence-electron chi connectivity index (χ3n) is 15.1. The molecular weight excluding hydrogens is 823 g/mol. The summed E-state index contributed by atoms with van der Waals surface area (Å²) in [5.41, 5.74) is 19.4. The van der Waals surface area contributed by atoms with Crippen LogP contribution in [0.2, 0.25) is 0 Å². The van der Waals surface area contributed by atoms with E-state index >= 15 is 0 Å². The van der Waals surface area contributed by atoms with Crippen LogP contribution in [0.1, 0.15) is 48.6 Å². The smallest absolute Gasteiger partial charge is 0.0713 e. The first-order valence-corrected chi connectivity index (χ1v) is 23.8. The van der Waals surface area contributed by atoms with E-state index in [2.05, 4.69) is 265 Å². The Bertz CT molecular complexity index is 4130. The number of hydrogen-bond acceptors (Lipinski definition) is 0. The lowest BCUT2D eigenvalue weighted by molar-refractivity contribution is 0.590. The van der Waals surface area contributed by atoms with Crippen LogP contribution in [0.5, 0.6) is 0 Å². The van der Waals surface area contributed by atoms with Gasteiger partial charge in [-0.2, -0.15) is 0 Å². The molecule has 3 aromatic heterocycles. The van der Waals surface area contributed by atoms with Gasteiger partial charge >= 0.3 is 0 Å². The summed E-state index contributed by atoms with van der Waals surface area (Å²) in [5, 5.41) is 7.44. The highest BCUT2D eigenvalue weighted by atomic mass is 15.0. The third-order valence-corrected chi connectivity index (χ3v) is 15.1. The highest BCUT2D eigenvalue weighted by Crippen LogP contribution is 2.56. The monoisotopic (exact) mass is 869 g/mol. The first-order valence-electron chi connectivity index (χ1n) is 23.8. The summed E-state index contributed by atoms with van der Waals surface area (Å²) in [5.74, 6) is 0. The SMILES string of the molecule is CC(C)(C)c1ccc(-n2c3ccccc3c3cc(-n4c5ccccc5c5cc(-n6c7ccccc7c7cc(C8(c9ccccc9)c9ccccc9-c9ccccc98)ccc76)ccc54)ccc32)cc1. The molecule has 0 atom stereocenters. The largest absolute Gasteiger partial charge is 0.309 e. The lowest BCUT2D eigenvalue weighted by Gasteiger charge is -2.34. The van der Waals surface area contributed by atoms with E-state index in [1.54, 1.807) is 0 Å². The molecule has 68 heavy (non-hydrogen) atoms. The Morgan fingerprint density at radius 1 is 0.294 bits per heavy atom. The van der Waals surface area contributed by atoms with Crippen LogP contribution < -0.4 is 0 Å². The van der Waals surface area contributed by atoms with Crippen LogP contribution in [0.4, 0.5) is 0 Å². The van der Waals surface area contributed by atoms with E-state index in [4.69, 9.17) is 0 Å². The average molecular weight is 870 g/mol. The second-order valence-corrected chi connectivity index (χ2v) is 19.7. The molecule has 0 saturated carbocycles. The molecule has 0 spiro atoms. The van der Waals surface area contributed by atoms with Crippen molar-refractivity contribution in [3.63, 3.8) is 0 Å². The predicted octanol–water partition coefficient (Wildman–Crippen LogP) is 16.6. The molecule has 0 fully saturated rings. The van der Waals surface area contributed by atoms with Crippen molar-refractivity contribution < 1.29 is 0 Å². The summed E-state index contributed by atoms with van der Waals surface area (Å²) in [6.45, 7) is 6.82. The number of rotatable bonds is 5. The zero-order chi connectivity index (χ0) is 45.3. The van der Waals surface area contributed by atoms with E-state index < -0.39 is 5.41 Å². The molecule has 14 rings (SSSR count). The maximum absolute atomic E-state index is 2.48. The van der Waals surface area contributed by atoms with Crippen LogP contribution in [-0.4, -0.2) is 13.7 Å². The standard InChI is InChI=1S/C65H47N3/c1-64(2,3)42-29-32-45(33-30-42)66-58-26-14-10-22-51(58)54-40-47(34-37-62(54)66)68-60-28-16-11-23-52(60)55-41-46(35-38-63(55)68)67-59-27-15-9-21-50(59)53-39-44(31-36-61(53)67)65(43-17-5-4-6-18-43)56-24-12-7-19-48(56)49-20-8-13-25-57(49)65/h4-41H,1-3H3. The molecule has 1 aliphatic carbocycles. The van der Waals surface area contributed by atoms with Crippen molar-refractivity contribution in [2.24, 2.45) is 0 Å². The summed E-state index contributed by atoms with van der Waals surface area (Å²) in [7, 11) is 0. The van der Waals surface area contributed by atoms with Crippen molar-refractivity contribution >= 4 is 65.4 Å². The molecule has 10 aromatic carbocycles. The summed E-state index contributed by atoms with van der Waals surface area (Å²) < 4.78 is 7.35. The maximum Gasteiger partial charge on any atom is 0.0713 e. The molecule has 322 valence electrons.